The Morgan fingerprint density at radius 2 is 2.12 bits per heavy atom. The highest BCUT2D eigenvalue weighted by Gasteiger charge is 2.07. The number of hydrogen-bond acceptors (Lipinski definition) is 3. The molecule has 0 heterocycles. The maximum absolute atomic E-state index is 7.41. The molecule has 1 aromatic carbocycles. The van der Waals surface area contributed by atoms with E-state index in [1.165, 1.54) is 0 Å². The molecule has 0 saturated heterocycles. The second-order valence-electron chi connectivity index (χ2n) is 4.36. The number of hydrogen-bond donors (Lipinski definition) is 2. The van der Waals surface area contributed by atoms with E-state index in [4.69, 9.17) is 20.6 Å². The lowest BCUT2D eigenvalue weighted by atomic mass is 10.1. The van der Waals surface area contributed by atoms with Gasteiger partial charge in [-0.3, -0.25) is 5.41 Å². The van der Waals surface area contributed by atoms with E-state index >= 15 is 0 Å². The highest BCUT2D eigenvalue weighted by molar-refractivity contribution is 5.97. The van der Waals surface area contributed by atoms with Crippen molar-refractivity contribution in [2.45, 2.75) is 20.5 Å². The van der Waals surface area contributed by atoms with Gasteiger partial charge in [0.05, 0.1) is 19.3 Å². The fourth-order valence-electron chi connectivity index (χ4n) is 1.46. The molecule has 4 nitrogen and oxygen atoms in total. The first-order valence-corrected chi connectivity index (χ1v) is 5.63. The van der Waals surface area contributed by atoms with Crippen LogP contribution in [0.3, 0.4) is 0 Å². The second-order valence-corrected chi connectivity index (χ2v) is 4.36. The van der Waals surface area contributed by atoms with Gasteiger partial charge in [-0.05, 0) is 23.6 Å². The molecule has 4 heteroatoms. The molecule has 1 rings (SSSR count). The molecular formula is C13H20N2O2. The van der Waals surface area contributed by atoms with E-state index in [9.17, 15) is 0 Å². The van der Waals surface area contributed by atoms with Crippen LogP contribution >= 0.6 is 0 Å². The Balaban J connectivity index is 2.72. The SMILES string of the molecule is COc1cc(COCC(C)C)ccc1C(=N)N. The molecule has 0 aliphatic heterocycles. The Labute approximate surface area is 102 Å². The Kier molecular flexibility index (Phi) is 4.97. The van der Waals surface area contributed by atoms with Crippen molar-refractivity contribution in [2.75, 3.05) is 13.7 Å². The molecule has 0 atom stereocenters. The summed E-state index contributed by atoms with van der Waals surface area (Å²) < 4.78 is 10.7. The quantitative estimate of drug-likeness (QED) is 0.587. The minimum atomic E-state index is 0.0106. The lowest BCUT2D eigenvalue weighted by molar-refractivity contribution is 0.0969. The van der Waals surface area contributed by atoms with E-state index in [0.717, 1.165) is 12.2 Å². The number of nitrogens with two attached hydrogens (primary N) is 1. The van der Waals surface area contributed by atoms with Gasteiger partial charge in [0.2, 0.25) is 0 Å². The van der Waals surface area contributed by atoms with Crippen molar-refractivity contribution in [1.82, 2.24) is 0 Å². The van der Waals surface area contributed by atoms with Crippen molar-refractivity contribution in [2.24, 2.45) is 11.7 Å². The highest BCUT2D eigenvalue weighted by Crippen LogP contribution is 2.20. The molecule has 94 valence electrons. The molecule has 0 spiro atoms. The largest absolute Gasteiger partial charge is 0.496 e. The van der Waals surface area contributed by atoms with Crippen LogP contribution in [0, 0.1) is 11.3 Å². The van der Waals surface area contributed by atoms with Crippen molar-refractivity contribution < 1.29 is 9.47 Å². The van der Waals surface area contributed by atoms with Gasteiger partial charge in [-0.2, -0.15) is 0 Å². The van der Waals surface area contributed by atoms with Crippen LogP contribution in [0.1, 0.15) is 25.0 Å². The summed E-state index contributed by atoms with van der Waals surface area (Å²) in [6, 6.07) is 5.55. The van der Waals surface area contributed by atoms with Gasteiger partial charge in [-0.1, -0.05) is 19.9 Å². The van der Waals surface area contributed by atoms with Crippen molar-refractivity contribution in [3.8, 4) is 5.75 Å². The highest BCUT2D eigenvalue weighted by atomic mass is 16.5. The van der Waals surface area contributed by atoms with Gasteiger partial charge in [-0.15, -0.1) is 0 Å². The molecule has 0 aliphatic rings. The third-order valence-corrected chi connectivity index (χ3v) is 2.28. The zero-order valence-electron chi connectivity index (χ0n) is 10.6. The minimum Gasteiger partial charge on any atom is -0.496 e. The zero-order valence-corrected chi connectivity index (χ0v) is 10.6. The summed E-state index contributed by atoms with van der Waals surface area (Å²) in [5, 5.41) is 7.41. The number of methoxy groups -OCH3 is 1. The first-order valence-electron chi connectivity index (χ1n) is 5.63. The standard InChI is InChI=1S/C13H20N2O2/c1-9(2)7-17-8-10-4-5-11(13(14)15)12(6-10)16-3/h4-6,9H,7-8H2,1-3H3,(H3,14,15). The summed E-state index contributed by atoms with van der Waals surface area (Å²) in [7, 11) is 1.57. The number of amidine groups is 1. The summed E-state index contributed by atoms with van der Waals surface area (Å²) in [5.41, 5.74) is 7.08. The van der Waals surface area contributed by atoms with Gasteiger partial charge in [-0.25, -0.2) is 0 Å². The number of ether oxygens (including phenoxy) is 2. The molecule has 0 radical (unpaired) electrons. The second kappa shape index (κ2) is 6.25. The predicted octanol–water partition coefficient (Wildman–Crippen LogP) is 2.15. The van der Waals surface area contributed by atoms with Crippen LogP contribution in [0.5, 0.6) is 5.75 Å². The molecular weight excluding hydrogens is 216 g/mol. The normalized spacial score (nSPS) is 10.6. The van der Waals surface area contributed by atoms with Gasteiger partial charge >= 0.3 is 0 Å². The number of rotatable bonds is 6. The van der Waals surface area contributed by atoms with Crippen molar-refractivity contribution in [3.05, 3.63) is 29.3 Å². The first kappa shape index (κ1) is 13.5. The van der Waals surface area contributed by atoms with Crippen LogP contribution in [0.4, 0.5) is 0 Å². The minimum absolute atomic E-state index is 0.0106. The molecule has 0 aromatic heterocycles. The third-order valence-electron chi connectivity index (χ3n) is 2.28. The molecule has 0 fully saturated rings. The van der Waals surface area contributed by atoms with Crippen molar-refractivity contribution >= 4 is 5.84 Å². The molecule has 0 unspecified atom stereocenters. The van der Waals surface area contributed by atoms with Crippen molar-refractivity contribution in [3.63, 3.8) is 0 Å². The zero-order chi connectivity index (χ0) is 12.8. The van der Waals surface area contributed by atoms with E-state index in [-0.39, 0.29) is 5.84 Å². The van der Waals surface area contributed by atoms with Crippen LogP contribution in [0.2, 0.25) is 0 Å². The average Bonchev–Trinajstić information content (AvgIpc) is 2.28. The molecule has 1 aromatic rings. The van der Waals surface area contributed by atoms with Crippen molar-refractivity contribution in [1.29, 1.82) is 5.41 Å². The van der Waals surface area contributed by atoms with Gasteiger partial charge in [0, 0.05) is 6.61 Å². The van der Waals surface area contributed by atoms with Crippen LogP contribution in [-0.2, 0) is 11.3 Å². The maximum atomic E-state index is 7.41. The Morgan fingerprint density at radius 1 is 1.41 bits per heavy atom. The van der Waals surface area contributed by atoms with E-state index in [1.807, 2.05) is 12.1 Å². The lowest BCUT2D eigenvalue weighted by Crippen LogP contribution is -2.12. The summed E-state index contributed by atoms with van der Waals surface area (Å²) in [6.45, 7) is 5.50. The van der Waals surface area contributed by atoms with E-state index in [1.54, 1.807) is 13.2 Å². The fourth-order valence-corrected chi connectivity index (χ4v) is 1.46. The smallest absolute Gasteiger partial charge is 0.130 e. The summed E-state index contributed by atoms with van der Waals surface area (Å²) in [6.07, 6.45) is 0. The van der Waals surface area contributed by atoms with Crippen LogP contribution in [0.25, 0.3) is 0 Å². The summed E-state index contributed by atoms with van der Waals surface area (Å²) in [5.74, 6) is 1.15. The molecule has 0 bridgehead atoms. The Morgan fingerprint density at radius 3 is 2.65 bits per heavy atom. The van der Waals surface area contributed by atoms with E-state index in [0.29, 0.717) is 23.8 Å². The van der Waals surface area contributed by atoms with Crippen LogP contribution < -0.4 is 10.5 Å². The van der Waals surface area contributed by atoms with Crippen LogP contribution in [0.15, 0.2) is 18.2 Å². The van der Waals surface area contributed by atoms with E-state index < -0.39 is 0 Å². The molecule has 0 aliphatic carbocycles. The average molecular weight is 236 g/mol. The topological polar surface area (TPSA) is 68.3 Å². The van der Waals surface area contributed by atoms with Crippen LogP contribution in [-0.4, -0.2) is 19.6 Å². The third kappa shape index (κ3) is 4.07. The fraction of sp³-hybridized carbons (Fsp3) is 0.462. The first-order chi connectivity index (χ1) is 8.04. The van der Waals surface area contributed by atoms with Gasteiger partial charge in [0.1, 0.15) is 11.6 Å². The number of benzene rings is 1. The monoisotopic (exact) mass is 236 g/mol. The van der Waals surface area contributed by atoms with Gasteiger partial charge in [0.15, 0.2) is 0 Å². The molecule has 0 saturated carbocycles. The molecule has 17 heavy (non-hydrogen) atoms. The molecule has 0 amide bonds. The maximum Gasteiger partial charge on any atom is 0.130 e. The number of nitrogen functional groups attached to an aromatic ring is 1. The predicted molar refractivity (Wildman–Crippen MR) is 68.5 cm³/mol. The van der Waals surface area contributed by atoms with Gasteiger partial charge in [0.25, 0.3) is 0 Å². The molecule has 3 N–H and O–H groups in total. The lowest BCUT2D eigenvalue weighted by Gasteiger charge is -2.11. The Bertz CT molecular complexity index is 389. The van der Waals surface area contributed by atoms with E-state index in [2.05, 4.69) is 13.8 Å². The summed E-state index contributed by atoms with van der Waals surface area (Å²) in [4.78, 5) is 0. The number of nitrogens with one attached hydrogen (secondary N) is 1. The summed E-state index contributed by atoms with van der Waals surface area (Å²) >= 11 is 0. The van der Waals surface area contributed by atoms with Gasteiger partial charge < -0.3 is 15.2 Å². The Hall–Kier alpha value is -1.55.